The van der Waals surface area contributed by atoms with Crippen LogP contribution in [0.15, 0.2) is 42.5 Å². The Bertz CT molecular complexity index is 634. The Morgan fingerprint density at radius 3 is 2.43 bits per heavy atom. The summed E-state index contributed by atoms with van der Waals surface area (Å²) >= 11 is 0. The lowest BCUT2D eigenvalue weighted by molar-refractivity contribution is -0.139. The summed E-state index contributed by atoms with van der Waals surface area (Å²) in [7, 11) is 0. The molecule has 0 radical (unpaired) electrons. The topological polar surface area (TPSA) is 20.2 Å². The zero-order valence-electron chi connectivity index (χ0n) is 11.3. The minimum atomic E-state index is -4.63. The van der Waals surface area contributed by atoms with Gasteiger partial charge in [-0.2, -0.15) is 13.2 Å². The highest BCUT2D eigenvalue weighted by atomic mass is 19.4. The molecule has 5 heteroatoms. The molecular weight excluding hydrogens is 284 g/mol. The van der Waals surface area contributed by atoms with Gasteiger partial charge in [0.1, 0.15) is 5.82 Å². The summed E-state index contributed by atoms with van der Waals surface area (Å²) in [5.74, 6) is -0.804. The van der Waals surface area contributed by atoms with Gasteiger partial charge >= 0.3 is 6.18 Å². The highest BCUT2D eigenvalue weighted by Crippen LogP contribution is 2.35. The normalized spacial score (nSPS) is 13.2. The van der Waals surface area contributed by atoms with Crippen molar-refractivity contribution in [1.29, 1.82) is 0 Å². The average molecular weight is 298 g/mol. The molecule has 21 heavy (non-hydrogen) atoms. The van der Waals surface area contributed by atoms with E-state index in [1.807, 2.05) is 13.0 Å². The third-order valence-electron chi connectivity index (χ3n) is 3.19. The molecule has 1 N–H and O–H groups in total. The summed E-state index contributed by atoms with van der Waals surface area (Å²) in [6.45, 7) is 1.85. The third kappa shape index (κ3) is 3.82. The third-order valence-corrected chi connectivity index (χ3v) is 3.19. The van der Waals surface area contributed by atoms with E-state index in [-0.39, 0.29) is 6.42 Å². The molecule has 2 aromatic rings. The largest absolute Gasteiger partial charge is 0.416 e. The van der Waals surface area contributed by atoms with E-state index >= 15 is 0 Å². The van der Waals surface area contributed by atoms with E-state index in [2.05, 4.69) is 0 Å². The minimum Gasteiger partial charge on any atom is -0.388 e. The molecule has 0 saturated heterocycles. The fourth-order valence-corrected chi connectivity index (χ4v) is 2.24. The van der Waals surface area contributed by atoms with Crippen LogP contribution in [0.1, 0.15) is 28.4 Å². The number of aliphatic hydroxyl groups excluding tert-OH is 1. The lowest BCUT2D eigenvalue weighted by Gasteiger charge is -2.18. The summed E-state index contributed by atoms with van der Waals surface area (Å²) in [6, 6.07) is 9.23. The van der Waals surface area contributed by atoms with Crippen molar-refractivity contribution in [2.24, 2.45) is 0 Å². The maximum atomic E-state index is 13.2. The molecular formula is C16H14F4O. The van der Waals surface area contributed by atoms with Crippen LogP contribution in [-0.4, -0.2) is 5.11 Å². The number of rotatable bonds is 3. The van der Waals surface area contributed by atoms with E-state index < -0.39 is 29.2 Å². The Kier molecular flexibility index (Phi) is 4.32. The van der Waals surface area contributed by atoms with Crippen LogP contribution in [0.5, 0.6) is 0 Å². The summed E-state index contributed by atoms with van der Waals surface area (Å²) in [4.78, 5) is 0. The van der Waals surface area contributed by atoms with Crippen molar-refractivity contribution in [3.63, 3.8) is 0 Å². The lowest BCUT2D eigenvalue weighted by Crippen LogP contribution is -2.14. The Morgan fingerprint density at radius 1 is 1.10 bits per heavy atom. The molecule has 0 aliphatic rings. The number of alkyl halides is 3. The second-order valence-electron chi connectivity index (χ2n) is 4.94. The van der Waals surface area contributed by atoms with Crippen LogP contribution in [0.4, 0.5) is 17.6 Å². The first-order valence-corrected chi connectivity index (χ1v) is 6.37. The van der Waals surface area contributed by atoms with Gasteiger partial charge in [-0.15, -0.1) is 0 Å². The monoisotopic (exact) mass is 298 g/mol. The predicted molar refractivity (Wildman–Crippen MR) is 71.2 cm³/mol. The van der Waals surface area contributed by atoms with Gasteiger partial charge in [-0.1, -0.05) is 29.8 Å². The van der Waals surface area contributed by atoms with Gasteiger partial charge in [-0.25, -0.2) is 4.39 Å². The number of hydrogen-bond donors (Lipinski definition) is 1. The Hall–Kier alpha value is -1.88. The first-order chi connectivity index (χ1) is 9.77. The predicted octanol–water partition coefficient (Wildman–Crippen LogP) is 4.43. The molecule has 0 bridgehead atoms. The molecule has 1 nitrogen and oxygen atoms in total. The van der Waals surface area contributed by atoms with Crippen LogP contribution >= 0.6 is 0 Å². The highest BCUT2D eigenvalue weighted by molar-refractivity contribution is 5.34. The molecule has 0 amide bonds. The minimum absolute atomic E-state index is 0.00574. The van der Waals surface area contributed by atoms with Crippen molar-refractivity contribution < 1.29 is 22.7 Å². The van der Waals surface area contributed by atoms with Crippen LogP contribution in [0, 0.1) is 12.7 Å². The second kappa shape index (κ2) is 5.85. The zero-order chi connectivity index (χ0) is 15.6. The lowest BCUT2D eigenvalue weighted by atomic mass is 9.96. The molecule has 0 aromatic heterocycles. The second-order valence-corrected chi connectivity index (χ2v) is 4.94. The molecule has 0 fully saturated rings. The van der Waals surface area contributed by atoms with Crippen molar-refractivity contribution in [3.05, 3.63) is 70.5 Å². The van der Waals surface area contributed by atoms with E-state index in [9.17, 15) is 22.7 Å². The molecule has 0 saturated carbocycles. The fourth-order valence-electron chi connectivity index (χ4n) is 2.24. The van der Waals surface area contributed by atoms with E-state index in [4.69, 9.17) is 0 Å². The van der Waals surface area contributed by atoms with E-state index in [1.54, 1.807) is 18.2 Å². The zero-order valence-corrected chi connectivity index (χ0v) is 11.3. The van der Waals surface area contributed by atoms with Crippen molar-refractivity contribution in [1.82, 2.24) is 0 Å². The van der Waals surface area contributed by atoms with Crippen molar-refractivity contribution in [2.45, 2.75) is 25.6 Å². The van der Waals surface area contributed by atoms with Crippen LogP contribution in [0.25, 0.3) is 0 Å². The molecule has 0 aliphatic heterocycles. The van der Waals surface area contributed by atoms with Crippen LogP contribution in [0.3, 0.4) is 0 Å². The highest BCUT2D eigenvalue weighted by Gasteiger charge is 2.35. The number of halogens is 4. The molecule has 0 heterocycles. The van der Waals surface area contributed by atoms with Crippen LogP contribution in [-0.2, 0) is 12.6 Å². The van der Waals surface area contributed by atoms with Gasteiger partial charge in [0, 0.05) is 6.42 Å². The number of hydrogen-bond acceptors (Lipinski definition) is 1. The van der Waals surface area contributed by atoms with Crippen LogP contribution < -0.4 is 0 Å². The van der Waals surface area contributed by atoms with Gasteiger partial charge in [0.15, 0.2) is 0 Å². The van der Waals surface area contributed by atoms with Crippen molar-refractivity contribution >= 4 is 0 Å². The standard InChI is InChI=1S/C16H14F4O/c1-10-3-2-4-11(7-10)8-15(21)13-9-12(17)5-6-14(13)16(18,19)20/h2-7,9,15,21H,8H2,1H3. The maximum Gasteiger partial charge on any atom is 0.416 e. The van der Waals surface area contributed by atoms with Crippen LogP contribution in [0.2, 0.25) is 0 Å². The molecule has 0 spiro atoms. The molecule has 1 unspecified atom stereocenters. The van der Waals surface area contributed by atoms with Gasteiger partial charge in [-0.05, 0) is 36.2 Å². The van der Waals surface area contributed by atoms with Gasteiger partial charge in [0.2, 0.25) is 0 Å². The Balaban J connectivity index is 2.34. The number of aliphatic hydroxyl groups is 1. The van der Waals surface area contributed by atoms with Gasteiger partial charge in [0.05, 0.1) is 11.7 Å². The van der Waals surface area contributed by atoms with E-state index in [0.29, 0.717) is 11.6 Å². The molecule has 112 valence electrons. The maximum absolute atomic E-state index is 13.2. The molecule has 2 aromatic carbocycles. The van der Waals surface area contributed by atoms with Crippen molar-refractivity contribution in [2.75, 3.05) is 0 Å². The quantitative estimate of drug-likeness (QED) is 0.831. The first-order valence-electron chi connectivity index (χ1n) is 6.37. The van der Waals surface area contributed by atoms with Gasteiger partial charge in [-0.3, -0.25) is 0 Å². The number of benzene rings is 2. The van der Waals surface area contributed by atoms with Crippen molar-refractivity contribution in [3.8, 4) is 0 Å². The Morgan fingerprint density at radius 2 is 1.81 bits per heavy atom. The smallest absolute Gasteiger partial charge is 0.388 e. The fraction of sp³-hybridized carbons (Fsp3) is 0.250. The Labute approximate surface area is 119 Å². The summed E-state index contributed by atoms with van der Waals surface area (Å²) in [5, 5.41) is 10.1. The molecule has 0 aliphatic carbocycles. The van der Waals surface area contributed by atoms with Gasteiger partial charge in [0.25, 0.3) is 0 Å². The summed E-state index contributed by atoms with van der Waals surface area (Å²) < 4.78 is 51.9. The van der Waals surface area contributed by atoms with E-state index in [0.717, 1.165) is 17.7 Å². The van der Waals surface area contributed by atoms with E-state index in [1.165, 1.54) is 0 Å². The summed E-state index contributed by atoms with van der Waals surface area (Å²) in [5.41, 5.74) is 0.183. The summed E-state index contributed by atoms with van der Waals surface area (Å²) in [6.07, 6.45) is -6.05. The SMILES string of the molecule is Cc1cccc(CC(O)c2cc(F)ccc2C(F)(F)F)c1. The number of aryl methyl sites for hydroxylation is 1. The van der Waals surface area contributed by atoms with Gasteiger partial charge < -0.3 is 5.11 Å². The molecule has 1 atom stereocenters. The first kappa shape index (κ1) is 15.5. The average Bonchev–Trinajstić information content (AvgIpc) is 2.37. The molecule has 2 rings (SSSR count).